The summed E-state index contributed by atoms with van der Waals surface area (Å²) in [6, 6.07) is 7.21. The van der Waals surface area contributed by atoms with Crippen molar-refractivity contribution < 1.29 is 19.1 Å². The second kappa shape index (κ2) is 8.89. The van der Waals surface area contributed by atoms with Gasteiger partial charge in [-0.2, -0.15) is 0 Å². The molecule has 1 saturated heterocycles. The van der Waals surface area contributed by atoms with Crippen LogP contribution >= 0.6 is 11.3 Å². The van der Waals surface area contributed by atoms with Crippen LogP contribution in [0.2, 0.25) is 0 Å². The number of carbonyl (C=O) groups is 2. The topological polar surface area (TPSA) is 93.7 Å². The number of rotatable bonds is 5. The SMILES string of the molecule is COc1cc(C(=O)Nc2nc3c(OC)ccc(C4CCN(C(C)=O)CC4)c3s2)ccn1. The lowest BCUT2D eigenvalue weighted by Crippen LogP contribution is -2.36. The molecule has 8 nitrogen and oxygen atoms in total. The molecule has 0 bridgehead atoms. The first-order valence-electron chi connectivity index (χ1n) is 10.0. The summed E-state index contributed by atoms with van der Waals surface area (Å²) in [5.41, 5.74) is 2.36. The highest BCUT2D eigenvalue weighted by molar-refractivity contribution is 7.22. The Morgan fingerprint density at radius 1 is 1.16 bits per heavy atom. The van der Waals surface area contributed by atoms with Gasteiger partial charge in [-0.15, -0.1) is 0 Å². The van der Waals surface area contributed by atoms with Gasteiger partial charge in [-0.1, -0.05) is 17.4 Å². The van der Waals surface area contributed by atoms with Gasteiger partial charge in [0.1, 0.15) is 11.3 Å². The van der Waals surface area contributed by atoms with Crippen LogP contribution in [-0.2, 0) is 4.79 Å². The Morgan fingerprint density at radius 2 is 1.94 bits per heavy atom. The van der Waals surface area contributed by atoms with Gasteiger partial charge in [0.15, 0.2) is 5.13 Å². The number of carbonyl (C=O) groups excluding carboxylic acids is 2. The fourth-order valence-electron chi connectivity index (χ4n) is 3.88. The molecule has 0 unspecified atom stereocenters. The number of benzene rings is 1. The molecule has 2 aromatic heterocycles. The number of hydrogen-bond donors (Lipinski definition) is 1. The lowest BCUT2D eigenvalue weighted by Gasteiger charge is -2.31. The van der Waals surface area contributed by atoms with E-state index in [1.807, 2.05) is 11.0 Å². The van der Waals surface area contributed by atoms with E-state index in [1.165, 1.54) is 30.2 Å². The summed E-state index contributed by atoms with van der Waals surface area (Å²) < 4.78 is 11.6. The summed E-state index contributed by atoms with van der Waals surface area (Å²) in [5, 5.41) is 3.38. The molecule has 31 heavy (non-hydrogen) atoms. The Morgan fingerprint density at radius 3 is 2.61 bits per heavy atom. The number of piperidine rings is 1. The van der Waals surface area contributed by atoms with E-state index in [0.717, 1.165) is 36.1 Å². The average Bonchev–Trinajstić information content (AvgIpc) is 3.22. The molecule has 162 valence electrons. The number of hydrogen-bond acceptors (Lipinski definition) is 7. The van der Waals surface area contributed by atoms with E-state index in [1.54, 1.807) is 26.2 Å². The zero-order valence-corrected chi connectivity index (χ0v) is 18.5. The Kier molecular flexibility index (Phi) is 6.03. The summed E-state index contributed by atoms with van der Waals surface area (Å²) in [5.74, 6) is 1.21. The summed E-state index contributed by atoms with van der Waals surface area (Å²) in [6.45, 7) is 3.11. The van der Waals surface area contributed by atoms with Gasteiger partial charge < -0.3 is 14.4 Å². The predicted octanol–water partition coefficient (Wildman–Crippen LogP) is 3.69. The van der Waals surface area contributed by atoms with E-state index in [0.29, 0.717) is 28.2 Å². The summed E-state index contributed by atoms with van der Waals surface area (Å²) in [6.07, 6.45) is 3.33. The van der Waals surface area contributed by atoms with Crippen molar-refractivity contribution >= 4 is 38.5 Å². The van der Waals surface area contributed by atoms with Crippen LogP contribution in [0.5, 0.6) is 11.6 Å². The van der Waals surface area contributed by atoms with Crippen molar-refractivity contribution in [1.82, 2.24) is 14.9 Å². The van der Waals surface area contributed by atoms with E-state index >= 15 is 0 Å². The molecule has 2 amide bonds. The van der Waals surface area contributed by atoms with Crippen molar-refractivity contribution in [3.8, 4) is 11.6 Å². The van der Waals surface area contributed by atoms with Crippen LogP contribution in [-0.4, -0.2) is 54.0 Å². The number of thiazole rings is 1. The molecule has 9 heteroatoms. The number of aromatic nitrogens is 2. The smallest absolute Gasteiger partial charge is 0.257 e. The maximum Gasteiger partial charge on any atom is 0.257 e. The molecular formula is C22H24N4O4S. The first-order chi connectivity index (χ1) is 15.0. The average molecular weight is 441 g/mol. The van der Waals surface area contributed by atoms with Crippen molar-refractivity contribution in [3.63, 3.8) is 0 Å². The predicted molar refractivity (Wildman–Crippen MR) is 119 cm³/mol. The van der Waals surface area contributed by atoms with Crippen LogP contribution in [0.3, 0.4) is 0 Å². The van der Waals surface area contributed by atoms with Crippen molar-refractivity contribution in [3.05, 3.63) is 41.6 Å². The van der Waals surface area contributed by atoms with Crippen LogP contribution < -0.4 is 14.8 Å². The Bertz CT molecular complexity index is 1120. The van der Waals surface area contributed by atoms with Gasteiger partial charge in [-0.3, -0.25) is 14.9 Å². The van der Waals surface area contributed by atoms with Gasteiger partial charge in [-0.25, -0.2) is 9.97 Å². The standard InChI is InChI=1S/C22H24N4O4S/c1-13(27)26-10-7-14(8-11-26)16-4-5-17(29-2)19-20(16)31-22(24-19)25-21(28)15-6-9-23-18(12-15)30-3/h4-6,9,12,14H,7-8,10-11H2,1-3H3,(H,24,25,28). The third kappa shape index (κ3) is 4.32. The highest BCUT2D eigenvalue weighted by Gasteiger charge is 2.25. The van der Waals surface area contributed by atoms with E-state index in [2.05, 4.69) is 21.4 Å². The van der Waals surface area contributed by atoms with Gasteiger partial charge in [-0.05, 0) is 36.5 Å². The monoisotopic (exact) mass is 440 g/mol. The molecule has 1 fully saturated rings. The highest BCUT2D eigenvalue weighted by atomic mass is 32.1. The number of ether oxygens (including phenoxy) is 2. The number of nitrogens with one attached hydrogen (secondary N) is 1. The highest BCUT2D eigenvalue weighted by Crippen LogP contribution is 2.41. The molecule has 1 aliphatic heterocycles. The molecule has 1 aromatic carbocycles. The molecule has 0 saturated carbocycles. The first-order valence-corrected chi connectivity index (χ1v) is 10.9. The van der Waals surface area contributed by atoms with Gasteiger partial charge in [0.05, 0.1) is 18.9 Å². The largest absolute Gasteiger partial charge is 0.494 e. The van der Waals surface area contributed by atoms with Crippen LogP contribution in [0, 0.1) is 0 Å². The van der Waals surface area contributed by atoms with Crippen molar-refractivity contribution in [1.29, 1.82) is 0 Å². The summed E-state index contributed by atoms with van der Waals surface area (Å²) in [7, 11) is 3.12. The Hall–Kier alpha value is -3.20. The van der Waals surface area contributed by atoms with Crippen LogP contribution in [0.25, 0.3) is 10.2 Å². The van der Waals surface area contributed by atoms with Gasteiger partial charge >= 0.3 is 0 Å². The molecule has 0 atom stereocenters. The fourth-order valence-corrected chi connectivity index (χ4v) is 4.95. The van der Waals surface area contributed by atoms with Crippen LogP contribution in [0.4, 0.5) is 5.13 Å². The Balaban J connectivity index is 1.62. The molecular weight excluding hydrogens is 416 g/mol. The number of fused-ring (bicyclic) bond motifs is 1. The number of amides is 2. The summed E-state index contributed by atoms with van der Waals surface area (Å²) in [4.78, 5) is 34.9. The molecule has 3 heterocycles. The third-order valence-electron chi connectivity index (χ3n) is 5.56. The fraction of sp³-hybridized carbons (Fsp3) is 0.364. The van der Waals surface area contributed by atoms with E-state index in [-0.39, 0.29) is 11.8 Å². The molecule has 0 radical (unpaired) electrons. The normalized spacial score (nSPS) is 14.5. The molecule has 1 aliphatic rings. The van der Waals surface area contributed by atoms with Gasteiger partial charge in [0.25, 0.3) is 5.91 Å². The molecule has 3 aromatic rings. The maximum atomic E-state index is 12.7. The number of likely N-dealkylation sites (tertiary alicyclic amines) is 1. The van der Waals surface area contributed by atoms with Crippen molar-refractivity contribution in [2.75, 3.05) is 32.6 Å². The second-order valence-corrected chi connectivity index (χ2v) is 8.37. The number of methoxy groups -OCH3 is 2. The third-order valence-corrected chi connectivity index (χ3v) is 6.58. The minimum absolute atomic E-state index is 0.119. The molecule has 4 rings (SSSR count). The minimum Gasteiger partial charge on any atom is -0.494 e. The number of anilines is 1. The van der Waals surface area contributed by atoms with Crippen LogP contribution in [0.1, 0.15) is 41.6 Å². The van der Waals surface area contributed by atoms with Crippen molar-refractivity contribution in [2.24, 2.45) is 0 Å². The second-order valence-electron chi connectivity index (χ2n) is 7.38. The van der Waals surface area contributed by atoms with Crippen LogP contribution in [0.15, 0.2) is 30.5 Å². The summed E-state index contributed by atoms with van der Waals surface area (Å²) >= 11 is 1.44. The van der Waals surface area contributed by atoms with E-state index in [9.17, 15) is 9.59 Å². The number of nitrogens with zero attached hydrogens (tertiary/aromatic N) is 3. The zero-order chi connectivity index (χ0) is 22.0. The van der Waals surface area contributed by atoms with Crippen molar-refractivity contribution in [2.45, 2.75) is 25.7 Å². The minimum atomic E-state index is -0.282. The molecule has 0 aliphatic carbocycles. The van der Waals surface area contributed by atoms with Gasteiger partial charge in [0, 0.05) is 37.8 Å². The zero-order valence-electron chi connectivity index (χ0n) is 17.7. The quantitative estimate of drug-likeness (QED) is 0.650. The molecule has 0 spiro atoms. The number of pyridine rings is 1. The lowest BCUT2D eigenvalue weighted by molar-refractivity contribution is -0.129. The molecule has 1 N–H and O–H groups in total. The maximum absolute atomic E-state index is 12.7. The lowest BCUT2D eigenvalue weighted by atomic mass is 9.89. The van der Waals surface area contributed by atoms with E-state index in [4.69, 9.17) is 9.47 Å². The van der Waals surface area contributed by atoms with E-state index < -0.39 is 0 Å². The van der Waals surface area contributed by atoms with Gasteiger partial charge in [0.2, 0.25) is 11.8 Å². The first kappa shape index (κ1) is 21.0. The Labute approximate surface area is 184 Å².